The van der Waals surface area contributed by atoms with Crippen molar-refractivity contribution in [2.24, 2.45) is 20.6 Å². The third-order valence-corrected chi connectivity index (χ3v) is 11.6. The SMILES string of the molecule is CO/N=C/c1c(N)ncnc1Nc1ccc(OC(F)F)cc1.CO/N=C/c1c(N)ncnc1Nc1ccc(Oc2ccccc2)cc1.CO/N=C/c1c(N)ncnc1Nc1ccc2[nH]ncc2c1.CO/N=C/c1c(N)ncnc1Nc1ccc2c(c1)OCO2. The third-order valence-electron chi connectivity index (χ3n) is 11.6. The average Bonchev–Trinajstić information content (AvgIpc) is 3.24. The molecule has 0 amide bonds. The van der Waals surface area contributed by atoms with Crippen LogP contribution < -0.4 is 63.1 Å². The van der Waals surface area contributed by atoms with E-state index in [4.69, 9.17) is 42.0 Å². The number of ether oxygens (including phenoxy) is 4. The van der Waals surface area contributed by atoms with E-state index in [-0.39, 0.29) is 18.4 Å². The number of aromatic nitrogens is 10. The van der Waals surface area contributed by atoms with Crippen molar-refractivity contribution in [3.63, 3.8) is 0 Å². The number of alkyl halides is 2. The minimum Gasteiger partial charge on any atom is -0.457 e. The highest BCUT2D eigenvalue weighted by molar-refractivity contribution is 5.95. The van der Waals surface area contributed by atoms with E-state index in [9.17, 15) is 8.78 Å². The smallest absolute Gasteiger partial charge is 0.387 e. The molecule has 1 aliphatic heterocycles. The van der Waals surface area contributed by atoms with Gasteiger partial charge >= 0.3 is 6.61 Å². The van der Waals surface area contributed by atoms with Gasteiger partial charge in [-0.2, -0.15) is 13.9 Å². The number of halogens is 2. The van der Waals surface area contributed by atoms with Crippen LogP contribution in [0.25, 0.3) is 10.9 Å². The number of nitrogens with one attached hydrogen (secondary N) is 5. The maximum atomic E-state index is 12.1. The second-order valence-corrected chi connectivity index (χ2v) is 17.3. The molecule has 89 heavy (non-hydrogen) atoms. The van der Waals surface area contributed by atoms with Gasteiger partial charge < -0.3 is 82.5 Å². The first kappa shape index (κ1) is 62.3. The molecule has 0 spiro atoms. The summed E-state index contributed by atoms with van der Waals surface area (Å²) >= 11 is 0. The fourth-order valence-electron chi connectivity index (χ4n) is 7.46. The number of fused-ring (bicyclic) bond motifs is 2. The van der Waals surface area contributed by atoms with E-state index >= 15 is 0 Å². The van der Waals surface area contributed by atoms with E-state index < -0.39 is 6.61 Å². The Morgan fingerprint density at radius 3 is 1.31 bits per heavy atom. The zero-order chi connectivity index (χ0) is 62.7. The average molecular weight is 1220 g/mol. The summed E-state index contributed by atoms with van der Waals surface area (Å²) in [6.07, 6.45) is 12.9. The first-order chi connectivity index (χ1) is 43.4. The highest BCUT2D eigenvalue weighted by Crippen LogP contribution is 2.36. The van der Waals surface area contributed by atoms with Gasteiger partial charge in [0, 0.05) is 34.2 Å². The Hall–Kier alpha value is -12.8. The van der Waals surface area contributed by atoms with Gasteiger partial charge in [0.2, 0.25) is 6.79 Å². The van der Waals surface area contributed by atoms with E-state index in [2.05, 4.69) is 111 Å². The second-order valence-electron chi connectivity index (χ2n) is 17.3. The first-order valence-electron chi connectivity index (χ1n) is 25.9. The number of hydrogen-bond acceptors (Lipinski definition) is 29. The van der Waals surface area contributed by atoms with Crippen LogP contribution >= 0.6 is 0 Å². The topological polar surface area (TPSA) is 407 Å². The van der Waals surface area contributed by atoms with E-state index in [0.29, 0.717) is 80.2 Å². The molecule has 0 saturated heterocycles. The standard InChI is InChI=1S/C18H17N5O2.C13H13F2N5O2.C13H13N7O.C13H13N5O3/c1-24-22-11-16-17(19)20-12-21-18(16)23-13-7-9-15(10-8-13)25-14-5-3-2-4-6-14;1-21-19-6-10-11(16)17-7-18-12(10)20-8-2-4-9(5-3-8)22-13(14)15;1-21-18-6-10-12(14)15-7-16-13(10)19-9-2-3-11-8(4-9)5-17-20-11;1-19-17-5-9-12(14)15-6-16-13(9)18-8-2-3-10-11(4-8)21-7-20-10/h2-12H,1H3,(H3,19,20,21,23);2-7,13H,1H3,(H3,16,17,18,20);2-7H,1H3,(H,17,20)(H3,14,15,16,19);2-6H,7H2,1H3,(H3,14,15,16,18)/b22-11+;19-6+;18-6+;17-5+. The molecule has 11 rings (SSSR count). The van der Waals surface area contributed by atoms with Crippen LogP contribution in [0.5, 0.6) is 28.7 Å². The summed E-state index contributed by atoms with van der Waals surface area (Å²) in [5.41, 5.74) is 29.4. The number of nitrogen functional groups attached to an aromatic ring is 4. The Balaban J connectivity index is 0.000000154. The molecule has 0 fully saturated rings. The van der Waals surface area contributed by atoms with E-state index in [1.165, 1.54) is 90.7 Å². The van der Waals surface area contributed by atoms with Crippen molar-refractivity contribution in [1.82, 2.24) is 50.1 Å². The molecule has 5 aromatic heterocycles. The van der Waals surface area contributed by atoms with Crippen LogP contribution in [0.2, 0.25) is 0 Å². The van der Waals surface area contributed by atoms with Crippen LogP contribution in [0, 0.1) is 0 Å². The predicted octanol–water partition coefficient (Wildman–Crippen LogP) is 9.13. The normalized spacial score (nSPS) is 11.3. The molecule has 0 bridgehead atoms. The molecule has 0 radical (unpaired) electrons. The molecular weight excluding hydrogens is 1160 g/mol. The molecule has 1 aliphatic rings. The van der Waals surface area contributed by atoms with Crippen LogP contribution in [0.1, 0.15) is 22.3 Å². The lowest BCUT2D eigenvalue weighted by Gasteiger charge is -2.10. The minimum absolute atomic E-state index is 0.0592. The van der Waals surface area contributed by atoms with Crippen LogP contribution in [-0.4, -0.2) is 117 Å². The van der Waals surface area contributed by atoms with Gasteiger partial charge in [-0.05, 0) is 91.0 Å². The number of oxime groups is 4. The summed E-state index contributed by atoms with van der Waals surface area (Å²) in [4.78, 5) is 50.9. The Labute approximate surface area is 505 Å². The van der Waals surface area contributed by atoms with E-state index in [0.717, 1.165) is 39.5 Å². The Bertz CT molecular complexity index is 4020. The van der Waals surface area contributed by atoms with Gasteiger partial charge in [-0.25, -0.2) is 39.9 Å². The van der Waals surface area contributed by atoms with Crippen molar-refractivity contribution in [2.75, 3.05) is 79.4 Å². The summed E-state index contributed by atoms with van der Waals surface area (Å²) < 4.78 is 44.8. The predicted molar refractivity (Wildman–Crippen MR) is 332 cm³/mol. The molecule has 32 heteroatoms. The van der Waals surface area contributed by atoms with Crippen molar-refractivity contribution < 1.29 is 47.1 Å². The summed E-state index contributed by atoms with van der Waals surface area (Å²) in [5, 5.41) is 35.1. The fourth-order valence-corrected chi connectivity index (χ4v) is 7.46. The second kappa shape index (κ2) is 31.8. The number of nitrogens with zero attached hydrogens (tertiary/aromatic N) is 13. The van der Waals surface area contributed by atoms with E-state index in [1.807, 2.05) is 91.0 Å². The number of nitrogens with two attached hydrogens (primary N) is 4. The van der Waals surface area contributed by atoms with Crippen molar-refractivity contribution in [1.29, 1.82) is 0 Å². The molecule has 0 unspecified atom stereocenters. The lowest BCUT2D eigenvalue weighted by atomic mass is 10.2. The summed E-state index contributed by atoms with van der Waals surface area (Å²) in [5.74, 6) is 6.10. The fraction of sp³-hybridized carbons (Fsp3) is 0.105. The molecule has 30 nitrogen and oxygen atoms in total. The zero-order valence-electron chi connectivity index (χ0n) is 47.6. The molecule has 10 aromatic rings. The van der Waals surface area contributed by atoms with Gasteiger partial charge in [-0.15, -0.1) is 0 Å². The van der Waals surface area contributed by atoms with Gasteiger partial charge in [0.1, 0.15) is 118 Å². The molecule has 5 aromatic carbocycles. The summed E-state index contributed by atoms with van der Waals surface area (Å²) in [6, 6.07) is 34.3. The van der Waals surface area contributed by atoms with Crippen LogP contribution in [0.3, 0.4) is 0 Å². The van der Waals surface area contributed by atoms with Gasteiger partial charge in [0.15, 0.2) is 11.5 Å². The molecule has 6 heterocycles. The van der Waals surface area contributed by atoms with Crippen LogP contribution in [0.4, 0.5) is 78.1 Å². The Morgan fingerprint density at radius 2 is 0.865 bits per heavy atom. The summed E-state index contributed by atoms with van der Waals surface area (Å²) in [6.45, 7) is -2.64. The molecule has 13 N–H and O–H groups in total. The maximum Gasteiger partial charge on any atom is 0.387 e. The molecule has 456 valence electrons. The Morgan fingerprint density at radius 1 is 0.472 bits per heavy atom. The first-order valence-corrected chi connectivity index (χ1v) is 25.9. The summed E-state index contributed by atoms with van der Waals surface area (Å²) in [7, 11) is 5.75. The molecule has 0 atom stereocenters. The maximum absolute atomic E-state index is 12.1. The van der Waals surface area contributed by atoms with Crippen molar-refractivity contribution >= 4 is 105 Å². The minimum atomic E-state index is -2.86. The number of para-hydroxylation sites is 1. The highest BCUT2D eigenvalue weighted by atomic mass is 19.3. The largest absolute Gasteiger partial charge is 0.457 e. The van der Waals surface area contributed by atoms with Crippen molar-refractivity contribution in [3.05, 3.63) is 169 Å². The van der Waals surface area contributed by atoms with Crippen LogP contribution in [-0.2, 0) is 19.4 Å². The molecular formula is C57H56F2N22O8. The lowest BCUT2D eigenvalue weighted by molar-refractivity contribution is -0.0498. The quantitative estimate of drug-likeness (QED) is 0.0253. The van der Waals surface area contributed by atoms with Gasteiger partial charge in [0.05, 0.1) is 58.8 Å². The number of hydrogen-bond donors (Lipinski definition) is 9. The number of rotatable bonds is 20. The zero-order valence-corrected chi connectivity index (χ0v) is 47.6. The molecule has 0 aliphatic carbocycles. The van der Waals surface area contributed by atoms with Gasteiger partial charge in [-0.3, -0.25) is 5.10 Å². The van der Waals surface area contributed by atoms with E-state index in [1.54, 1.807) is 18.3 Å². The van der Waals surface area contributed by atoms with Gasteiger partial charge in [-0.1, -0.05) is 38.8 Å². The number of H-pyrrole nitrogens is 1. The molecule has 0 saturated carbocycles. The Kier molecular flexibility index (Phi) is 22.2. The van der Waals surface area contributed by atoms with Crippen LogP contribution in [0.15, 0.2) is 167 Å². The highest BCUT2D eigenvalue weighted by Gasteiger charge is 2.16. The number of benzene rings is 5. The van der Waals surface area contributed by atoms with Gasteiger partial charge in [0.25, 0.3) is 0 Å². The number of anilines is 12. The van der Waals surface area contributed by atoms with Crippen molar-refractivity contribution in [3.8, 4) is 28.7 Å². The monoisotopic (exact) mass is 1210 g/mol. The lowest BCUT2D eigenvalue weighted by Crippen LogP contribution is -2.05. The number of aromatic amines is 1. The van der Waals surface area contributed by atoms with Crippen molar-refractivity contribution in [2.45, 2.75) is 6.61 Å². The third kappa shape index (κ3) is 18.1.